The fraction of sp³-hybridized carbons (Fsp3) is 0.500. The van der Waals surface area contributed by atoms with E-state index in [0.29, 0.717) is 31.9 Å². The van der Waals surface area contributed by atoms with E-state index in [1.54, 1.807) is 10.5 Å². The molecule has 0 atom stereocenters. The summed E-state index contributed by atoms with van der Waals surface area (Å²) in [4.78, 5) is 13.4. The molecule has 2 aliphatic rings. The molecule has 2 saturated heterocycles. The van der Waals surface area contributed by atoms with Gasteiger partial charge in [-0.25, -0.2) is 13.4 Å². The molecule has 0 amide bonds. The van der Waals surface area contributed by atoms with Crippen molar-refractivity contribution in [1.29, 1.82) is 0 Å². The van der Waals surface area contributed by atoms with Gasteiger partial charge in [0.25, 0.3) is 0 Å². The Morgan fingerprint density at radius 2 is 1.62 bits per heavy atom. The summed E-state index contributed by atoms with van der Waals surface area (Å²) in [6.07, 6.45) is 4.15. The maximum Gasteiger partial charge on any atom is 0.227 e. The van der Waals surface area contributed by atoms with Gasteiger partial charge in [0.05, 0.1) is 5.75 Å². The maximum absolute atomic E-state index is 12.6. The van der Waals surface area contributed by atoms with Gasteiger partial charge < -0.3 is 14.5 Å². The second-order valence-electron chi connectivity index (χ2n) is 7.27. The number of piperazine rings is 1. The van der Waals surface area contributed by atoms with Gasteiger partial charge in [0.1, 0.15) is 18.2 Å². The van der Waals surface area contributed by atoms with Crippen molar-refractivity contribution < 1.29 is 13.2 Å². The normalized spacial score (nSPS) is 18.2. The minimum atomic E-state index is -3.34. The van der Waals surface area contributed by atoms with E-state index < -0.39 is 10.0 Å². The molecule has 156 valence electrons. The zero-order chi connectivity index (χ0) is 20.1. The molecule has 0 radical (unpaired) electrons. The van der Waals surface area contributed by atoms with Crippen molar-refractivity contribution in [2.75, 3.05) is 61.4 Å². The van der Waals surface area contributed by atoms with E-state index in [4.69, 9.17) is 9.72 Å². The summed E-state index contributed by atoms with van der Waals surface area (Å²) in [6.45, 7) is 4.30. The van der Waals surface area contributed by atoms with Crippen LogP contribution in [0.25, 0.3) is 0 Å². The van der Waals surface area contributed by atoms with E-state index >= 15 is 0 Å². The molecule has 0 spiro atoms. The Kier molecular flexibility index (Phi) is 6.15. The van der Waals surface area contributed by atoms with Gasteiger partial charge in [-0.05, 0) is 31.0 Å². The smallest absolute Gasteiger partial charge is 0.227 e. The molecular weight excluding hydrogens is 390 g/mol. The van der Waals surface area contributed by atoms with Crippen LogP contribution < -0.4 is 14.5 Å². The van der Waals surface area contributed by atoms with E-state index in [2.05, 4.69) is 14.8 Å². The summed E-state index contributed by atoms with van der Waals surface area (Å²) < 4.78 is 32.4. The Labute approximate surface area is 172 Å². The molecular formula is C20H27N5O3S. The number of aromatic nitrogens is 2. The third-order valence-corrected chi connectivity index (χ3v) is 7.16. The number of ether oxygens (including phenoxy) is 1. The van der Waals surface area contributed by atoms with Crippen molar-refractivity contribution in [3.8, 4) is 5.75 Å². The molecule has 0 aliphatic carbocycles. The monoisotopic (exact) mass is 417 g/mol. The van der Waals surface area contributed by atoms with Crippen molar-refractivity contribution >= 4 is 21.8 Å². The van der Waals surface area contributed by atoms with Gasteiger partial charge in [0.15, 0.2) is 0 Å². The summed E-state index contributed by atoms with van der Waals surface area (Å²) in [7, 11) is -3.34. The summed E-state index contributed by atoms with van der Waals surface area (Å²) >= 11 is 0. The van der Waals surface area contributed by atoms with Crippen LogP contribution in [0.15, 0.2) is 42.6 Å². The topological polar surface area (TPSA) is 78.9 Å². The summed E-state index contributed by atoms with van der Waals surface area (Å²) in [5.41, 5.74) is 0. The second-order valence-corrected chi connectivity index (χ2v) is 9.36. The first-order valence-corrected chi connectivity index (χ1v) is 11.7. The fourth-order valence-electron chi connectivity index (χ4n) is 3.69. The minimum Gasteiger partial charge on any atom is -0.492 e. The van der Waals surface area contributed by atoms with Crippen LogP contribution in [-0.4, -0.2) is 74.3 Å². The summed E-state index contributed by atoms with van der Waals surface area (Å²) in [6, 6.07) is 11.2. The molecule has 0 unspecified atom stereocenters. The molecule has 29 heavy (non-hydrogen) atoms. The van der Waals surface area contributed by atoms with Crippen LogP contribution in [0.3, 0.4) is 0 Å². The predicted molar refractivity (Wildman–Crippen MR) is 113 cm³/mol. The molecule has 0 bridgehead atoms. The van der Waals surface area contributed by atoms with Crippen molar-refractivity contribution in [3.05, 3.63) is 42.6 Å². The number of hydrogen-bond acceptors (Lipinski definition) is 7. The first-order valence-electron chi connectivity index (χ1n) is 10.1. The van der Waals surface area contributed by atoms with Crippen LogP contribution in [0.2, 0.25) is 0 Å². The fourth-order valence-corrected chi connectivity index (χ4v) is 4.96. The van der Waals surface area contributed by atoms with Gasteiger partial charge in [-0.1, -0.05) is 18.2 Å². The molecule has 3 heterocycles. The molecule has 0 saturated carbocycles. The van der Waals surface area contributed by atoms with Crippen LogP contribution in [0.4, 0.5) is 11.8 Å². The standard InChI is InChI=1S/C20H27N5O3S/c26-29(27,17-16-28-18-6-2-1-3-7-18)25-14-12-23(13-15-25)19-8-9-21-20(22-19)24-10-4-5-11-24/h1-3,6-9H,4-5,10-17H2. The van der Waals surface area contributed by atoms with Gasteiger partial charge in [0.2, 0.25) is 16.0 Å². The van der Waals surface area contributed by atoms with Crippen molar-refractivity contribution in [2.24, 2.45) is 0 Å². The van der Waals surface area contributed by atoms with Gasteiger partial charge in [-0.2, -0.15) is 9.29 Å². The molecule has 8 nitrogen and oxygen atoms in total. The molecule has 9 heteroatoms. The third-order valence-electron chi connectivity index (χ3n) is 5.33. The second kappa shape index (κ2) is 8.96. The number of hydrogen-bond donors (Lipinski definition) is 0. The molecule has 2 aromatic rings. The third kappa shape index (κ3) is 4.97. The average Bonchev–Trinajstić information content (AvgIpc) is 3.30. The molecule has 4 rings (SSSR count). The number of para-hydroxylation sites is 1. The zero-order valence-corrected chi connectivity index (χ0v) is 17.3. The number of nitrogens with zero attached hydrogens (tertiary/aromatic N) is 5. The first kappa shape index (κ1) is 19.9. The Balaban J connectivity index is 1.30. The highest BCUT2D eigenvalue weighted by Gasteiger charge is 2.28. The van der Waals surface area contributed by atoms with E-state index in [0.717, 1.165) is 24.9 Å². The highest BCUT2D eigenvalue weighted by atomic mass is 32.2. The molecule has 0 N–H and O–H groups in total. The Morgan fingerprint density at radius 3 is 2.34 bits per heavy atom. The number of benzene rings is 1. The summed E-state index contributed by atoms with van der Waals surface area (Å²) in [5, 5.41) is 0. The van der Waals surface area contributed by atoms with Gasteiger partial charge in [-0.15, -0.1) is 0 Å². The highest BCUT2D eigenvalue weighted by Crippen LogP contribution is 2.20. The lowest BCUT2D eigenvalue weighted by Gasteiger charge is -2.34. The van der Waals surface area contributed by atoms with E-state index in [-0.39, 0.29) is 12.4 Å². The number of sulfonamides is 1. The number of anilines is 2. The first-order chi connectivity index (χ1) is 14.1. The van der Waals surface area contributed by atoms with E-state index in [1.807, 2.05) is 36.4 Å². The molecule has 2 aliphatic heterocycles. The van der Waals surface area contributed by atoms with E-state index in [1.165, 1.54) is 12.8 Å². The predicted octanol–water partition coefficient (Wildman–Crippen LogP) is 1.61. The Hall–Kier alpha value is -2.39. The van der Waals surface area contributed by atoms with E-state index in [9.17, 15) is 8.42 Å². The molecule has 1 aromatic heterocycles. The molecule has 1 aromatic carbocycles. The quantitative estimate of drug-likeness (QED) is 0.677. The van der Waals surface area contributed by atoms with Gasteiger partial charge in [-0.3, -0.25) is 0 Å². The van der Waals surface area contributed by atoms with Crippen LogP contribution in [0, 0.1) is 0 Å². The van der Waals surface area contributed by atoms with Crippen LogP contribution in [0.5, 0.6) is 5.75 Å². The van der Waals surface area contributed by atoms with Crippen LogP contribution >= 0.6 is 0 Å². The maximum atomic E-state index is 12.6. The van der Waals surface area contributed by atoms with Crippen molar-refractivity contribution in [1.82, 2.24) is 14.3 Å². The Morgan fingerprint density at radius 1 is 0.897 bits per heavy atom. The van der Waals surface area contributed by atoms with Crippen LogP contribution in [-0.2, 0) is 10.0 Å². The molecule has 2 fully saturated rings. The lowest BCUT2D eigenvalue weighted by Crippen LogP contribution is -2.50. The average molecular weight is 418 g/mol. The van der Waals surface area contributed by atoms with Crippen molar-refractivity contribution in [3.63, 3.8) is 0 Å². The SMILES string of the molecule is O=S(=O)(CCOc1ccccc1)N1CCN(c2ccnc(N3CCCC3)n2)CC1. The zero-order valence-electron chi connectivity index (χ0n) is 16.5. The van der Waals surface area contributed by atoms with Crippen LogP contribution in [0.1, 0.15) is 12.8 Å². The van der Waals surface area contributed by atoms with Gasteiger partial charge >= 0.3 is 0 Å². The summed E-state index contributed by atoms with van der Waals surface area (Å²) in [5.74, 6) is 2.30. The Bertz CT molecular complexity index is 895. The number of rotatable bonds is 7. The largest absolute Gasteiger partial charge is 0.492 e. The lowest BCUT2D eigenvalue weighted by atomic mass is 10.3. The highest BCUT2D eigenvalue weighted by molar-refractivity contribution is 7.89. The van der Waals surface area contributed by atoms with Gasteiger partial charge in [0, 0.05) is 45.5 Å². The minimum absolute atomic E-state index is 0.0193. The van der Waals surface area contributed by atoms with Crippen molar-refractivity contribution in [2.45, 2.75) is 12.8 Å². The lowest BCUT2D eigenvalue weighted by molar-refractivity contribution is 0.331.